The predicted molar refractivity (Wildman–Crippen MR) is 338 cm³/mol. The summed E-state index contributed by atoms with van der Waals surface area (Å²) in [5.74, 6) is 5.16. The topological polar surface area (TPSA) is 190 Å². The Hall–Kier alpha value is -5.40. The lowest BCUT2D eigenvalue weighted by atomic mass is 9.98. The number of aromatic hydroxyl groups is 3. The molecule has 0 amide bonds. The number of phenols is 3. The van der Waals surface area contributed by atoms with Gasteiger partial charge >= 0.3 is 0 Å². The normalized spacial score (nSPS) is 14.9. The molecule has 17 heteroatoms. The lowest BCUT2D eigenvalue weighted by molar-refractivity contribution is -0.0849. The maximum Gasteiger partial charge on any atom is 0.206 e. The summed E-state index contributed by atoms with van der Waals surface area (Å²) in [6, 6.07) is 18.9. The maximum absolute atomic E-state index is 9.89. The highest BCUT2D eigenvalue weighted by molar-refractivity contribution is 5.55. The second kappa shape index (κ2) is 43.3. The fourth-order valence-corrected chi connectivity index (χ4v) is 8.21. The number of ether oxygens (including phenoxy) is 14. The van der Waals surface area contributed by atoms with Gasteiger partial charge in [0.05, 0.1) is 0 Å². The average Bonchev–Trinajstić information content (AvgIpc) is 3.57. The molecule has 0 radical (unpaired) electrons. The van der Waals surface area contributed by atoms with Crippen molar-refractivity contribution in [2.45, 2.75) is 246 Å². The van der Waals surface area contributed by atoms with Gasteiger partial charge < -0.3 is 81.6 Å². The highest BCUT2D eigenvalue weighted by Crippen LogP contribution is 2.44. The highest BCUT2D eigenvalue weighted by atomic mass is 16.7. The first-order valence-electron chi connectivity index (χ1n) is 31.1. The van der Waals surface area contributed by atoms with Crippen LogP contribution in [0.1, 0.15) is 224 Å². The van der Waals surface area contributed by atoms with E-state index in [2.05, 4.69) is 54.5 Å². The van der Waals surface area contributed by atoms with Crippen molar-refractivity contribution < 1.29 is 81.6 Å². The van der Waals surface area contributed by atoms with Crippen LogP contribution >= 0.6 is 0 Å². The first-order valence-corrected chi connectivity index (χ1v) is 31.1. The molecule has 0 spiro atoms. The van der Waals surface area contributed by atoms with Crippen LogP contribution < -0.4 is 33.2 Å². The van der Waals surface area contributed by atoms with Gasteiger partial charge in [0.25, 0.3) is 0 Å². The van der Waals surface area contributed by atoms with Crippen LogP contribution in [0.3, 0.4) is 0 Å². The second-order valence-corrected chi connectivity index (χ2v) is 20.4. The fourth-order valence-electron chi connectivity index (χ4n) is 8.21. The summed E-state index contributed by atoms with van der Waals surface area (Å²) in [6.07, 6.45) is 1.29. The fraction of sp³-hybridized carbons (Fsp3) is 0.647. The SMILES string of the molecule is CCOC(C)Oc1c(O)cc(C(C)CC)cc1O.CCOC(C)Oc1cc(C(C)CC)cc(OC(C)OCC)c1OC(C)OCC.CCOC(C)Oc1ccc(C(C)CC)cc1O.CCOC(C)Oc1ccc(C(C)CC)cc1OC(C)OCC. The van der Waals surface area contributed by atoms with E-state index in [-0.39, 0.29) is 47.8 Å². The van der Waals surface area contributed by atoms with Gasteiger partial charge in [0.15, 0.2) is 90.0 Å². The molecule has 0 saturated carbocycles. The van der Waals surface area contributed by atoms with E-state index >= 15 is 0 Å². The zero-order valence-electron chi connectivity index (χ0n) is 56.0. The zero-order chi connectivity index (χ0) is 64.2. The molecule has 4 aromatic rings. The third-order valence-corrected chi connectivity index (χ3v) is 13.6. The summed E-state index contributed by atoms with van der Waals surface area (Å²) in [5.41, 5.74) is 4.36. The van der Waals surface area contributed by atoms with Gasteiger partial charge in [-0.1, -0.05) is 67.5 Å². The third kappa shape index (κ3) is 29.2. The summed E-state index contributed by atoms with van der Waals surface area (Å²) in [4.78, 5) is 0. The molecule has 0 heterocycles. The summed E-state index contributed by atoms with van der Waals surface area (Å²) < 4.78 is 78.8. The third-order valence-electron chi connectivity index (χ3n) is 13.6. The minimum Gasteiger partial charge on any atom is -0.504 e. The van der Waals surface area contributed by atoms with Gasteiger partial charge in [0.2, 0.25) is 11.5 Å². The molecule has 0 saturated heterocycles. The van der Waals surface area contributed by atoms with Crippen LogP contribution in [0.2, 0.25) is 0 Å². The largest absolute Gasteiger partial charge is 0.504 e. The quantitative estimate of drug-likeness (QED) is 0.0364. The number of hydrogen-bond acceptors (Lipinski definition) is 17. The zero-order valence-corrected chi connectivity index (χ0v) is 56.0. The van der Waals surface area contributed by atoms with Gasteiger partial charge in [-0.3, -0.25) is 0 Å². The van der Waals surface area contributed by atoms with Gasteiger partial charge in [-0.15, -0.1) is 0 Å². The molecule has 0 aliphatic carbocycles. The first-order chi connectivity index (χ1) is 40.4. The van der Waals surface area contributed by atoms with Crippen LogP contribution in [0.4, 0.5) is 0 Å². The van der Waals surface area contributed by atoms with E-state index in [1.54, 1.807) is 31.2 Å². The molecule has 0 aliphatic rings. The summed E-state index contributed by atoms with van der Waals surface area (Å²) in [7, 11) is 0. The van der Waals surface area contributed by atoms with Crippen LogP contribution in [0.5, 0.6) is 57.5 Å². The Balaban J connectivity index is 0.000000578. The minimum atomic E-state index is -0.513. The van der Waals surface area contributed by atoms with Crippen molar-refractivity contribution >= 4 is 0 Å². The molecule has 0 aromatic heterocycles. The Bertz CT molecular complexity index is 2320. The monoisotopic (exact) mass is 1200 g/mol. The van der Waals surface area contributed by atoms with E-state index in [9.17, 15) is 15.3 Å². The smallest absolute Gasteiger partial charge is 0.206 e. The van der Waals surface area contributed by atoms with Crippen LogP contribution in [-0.4, -0.2) is 106 Å². The standard InChI is InChI=1S/C22H38O6.C18H30O4.C14H22O4.C14H22O3/c1-9-15(5)19-13-20(26-16(6)23-10-2)22(28-18(8)25-12-4)21(14-19)27-17(7)24-11-3;1-7-13(4)16-10-11-17(21-14(5)19-8-2)18(12-16)22-15(6)20-9-3;1-5-9(3)11-7-12(15)14(13(16)8-11)18-10(4)17-6-2;1-5-10(3)12-7-8-14(13(15)9-12)17-11(4)16-6-2/h13-18H,9-12H2,1-8H3;10-15H,7-9H2,1-6H3;7-10,15-16H,5-6H2,1-4H3;7-11,15H,5-6H2,1-4H3. The van der Waals surface area contributed by atoms with E-state index in [4.69, 9.17) is 66.3 Å². The Labute approximate surface area is 512 Å². The maximum atomic E-state index is 9.89. The number of phenolic OH excluding ortho intramolecular Hbond substituents is 3. The molecule has 3 N–H and O–H groups in total. The van der Waals surface area contributed by atoms with Gasteiger partial charge in [-0.2, -0.15) is 0 Å². The number of hydrogen-bond donors (Lipinski definition) is 3. The van der Waals surface area contributed by atoms with Crippen LogP contribution in [-0.2, 0) is 33.2 Å². The Morgan fingerprint density at radius 1 is 0.259 bits per heavy atom. The Kier molecular flexibility index (Phi) is 39.5. The predicted octanol–water partition coefficient (Wildman–Crippen LogP) is 17.2. The second-order valence-electron chi connectivity index (χ2n) is 20.4. The molecule has 11 unspecified atom stereocenters. The molecule has 4 rings (SSSR count). The molecule has 0 bridgehead atoms. The summed E-state index contributed by atoms with van der Waals surface area (Å²) >= 11 is 0. The number of rotatable bonds is 36. The van der Waals surface area contributed by atoms with Crippen molar-refractivity contribution in [1.29, 1.82) is 0 Å². The van der Waals surface area contributed by atoms with Crippen molar-refractivity contribution in [3.8, 4) is 57.5 Å². The lowest BCUT2D eigenvalue weighted by Gasteiger charge is -2.25. The van der Waals surface area contributed by atoms with E-state index in [1.807, 2.05) is 127 Å². The van der Waals surface area contributed by atoms with E-state index < -0.39 is 25.2 Å². The van der Waals surface area contributed by atoms with Crippen LogP contribution in [0, 0.1) is 0 Å². The van der Waals surface area contributed by atoms with Crippen LogP contribution in [0.25, 0.3) is 0 Å². The van der Waals surface area contributed by atoms with E-state index in [1.165, 1.54) is 5.56 Å². The molecule has 11 atom stereocenters. The van der Waals surface area contributed by atoms with Crippen molar-refractivity contribution in [3.05, 3.63) is 82.9 Å². The van der Waals surface area contributed by atoms with Crippen molar-refractivity contribution in [3.63, 3.8) is 0 Å². The molecule has 4 aromatic carbocycles. The molecule has 85 heavy (non-hydrogen) atoms. The van der Waals surface area contributed by atoms with Gasteiger partial charge in [0.1, 0.15) is 0 Å². The van der Waals surface area contributed by atoms with E-state index in [0.717, 1.165) is 42.4 Å². The Morgan fingerprint density at radius 3 is 0.847 bits per heavy atom. The van der Waals surface area contributed by atoms with Crippen molar-refractivity contribution in [1.82, 2.24) is 0 Å². The molecule has 486 valence electrons. The first kappa shape index (κ1) is 77.6. The average molecular weight is 1200 g/mol. The lowest BCUT2D eigenvalue weighted by Crippen LogP contribution is -2.22. The minimum absolute atomic E-state index is 0.0585. The highest BCUT2D eigenvalue weighted by Gasteiger charge is 2.24. The summed E-state index contributed by atoms with van der Waals surface area (Å²) in [5, 5.41) is 29.7. The summed E-state index contributed by atoms with van der Waals surface area (Å²) in [6.45, 7) is 47.3. The van der Waals surface area contributed by atoms with Gasteiger partial charge in [-0.25, -0.2) is 0 Å². The van der Waals surface area contributed by atoms with E-state index in [0.29, 0.717) is 98.5 Å². The molecular formula is C68H112O17. The van der Waals surface area contributed by atoms with Crippen molar-refractivity contribution in [2.24, 2.45) is 0 Å². The Morgan fingerprint density at radius 2 is 0.506 bits per heavy atom. The number of benzene rings is 4. The van der Waals surface area contributed by atoms with Crippen molar-refractivity contribution in [2.75, 3.05) is 46.2 Å². The van der Waals surface area contributed by atoms with Crippen LogP contribution in [0.15, 0.2) is 60.7 Å². The molecular weight excluding hydrogens is 1090 g/mol. The molecule has 0 aliphatic heterocycles. The van der Waals surface area contributed by atoms with Gasteiger partial charge in [-0.05, 0) is 217 Å². The molecule has 17 nitrogen and oxygen atoms in total. The molecule has 0 fully saturated rings. The van der Waals surface area contributed by atoms with Gasteiger partial charge in [0, 0.05) is 46.2 Å².